The molecule has 17 heavy (non-hydrogen) atoms. The summed E-state index contributed by atoms with van der Waals surface area (Å²) in [7, 11) is 1.61. The van der Waals surface area contributed by atoms with Gasteiger partial charge in [0, 0.05) is 0 Å². The van der Waals surface area contributed by atoms with Crippen molar-refractivity contribution in [1.82, 2.24) is 0 Å². The number of benzene rings is 2. The molecule has 0 fully saturated rings. The number of anilines is 1. The predicted molar refractivity (Wildman–Crippen MR) is 66.7 cm³/mol. The lowest BCUT2D eigenvalue weighted by Gasteiger charge is -2.13. The highest BCUT2D eigenvalue weighted by atomic mass is 19.2. The lowest BCUT2D eigenvalue weighted by Crippen LogP contribution is -2.10. The molecule has 0 bridgehead atoms. The van der Waals surface area contributed by atoms with Crippen molar-refractivity contribution in [1.29, 1.82) is 0 Å². The molecule has 0 aromatic heterocycles. The summed E-state index contributed by atoms with van der Waals surface area (Å²) >= 11 is 0. The number of rotatable bonds is 4. The average Bonchev–Trinajstić information content (AvgIpc) is 2.40. The molecule has 88 valence electrons. The number of methoxy groups -OCH3 is 1. The van der Waals surface area contributed by atoms with Crippen molar-refractivity contribution in [2.24, 2.45) is 0 Å². The summed E-state index contributed by atoms with van der Waals surface area (Å²) in [6, 6.07) is 16.3. The van der Waals surface area contributed by atoms with Gasteiger partial charge in [0.2, 0.25) is 0 Å². The van der Waals surface area contributed by atoms with Gasteiger partial charge in [0.1, 0.15) is 5.75 Å². The Morgan fingerprint density at radius 1 is 1.00 bits per heavy atom. The van der Waals surface area contributed by atoms with Gasteiger partial charge in [-0.15, -0.1) is 0 Å². The SMILES string of the molecule is COc1ccc(CN(F)c2ccccc2)cc1. The van der Waals surface area contributed by atoms with Crippen LogP contribution in [0.1, 0.15) is 5.56 Å². The molecule has 0 N–H and O–H groups in total. The Balaban J connectivity index is 2.05. The van der Waals surface area contributed by atoms with E-state index in [1.165, 1.54) is 0 Å². The van der Waals surface area contributed by atoms with Gasteiger partial charge < -0.3 is 4.74 Å². The summed E-state index contributed by atoms with van der Waals surface area (Å²) in [6.07, 6.45) is 0. The van der Waals surface area contributed by atoms with Crippen LogP contribution in [-0.2, 0) is 6.54 Å². The monoisotopic (exact) mass is 231 g/mol. The van der Waals surface area contributed by atoms with Crippen molar-refractivity contribution in [3.63, 3.8) is 0 Å². The first-order valence-electron chi connectivity index (χ1n) is 5.41. The van der Waals surface area contributed by atoms with Crippen molar-refractivity contribution < 1.29 is 9.22 Å². The minimum Gasteiger partial charge on any atom is -0.497 e. The first kappa shape index (κ1) is 11.5. The van der Waals surface area contributed by atoms with Crippen molar-refractivity contribution in [3.8, 4) is 5.75 Å². The quantitative estimate of drug-likeness (QED) is 0.746. The molecule has 0 aliphatic rings. The van der Waals surface area contributed by atoms with Crippen molar-refractivity contribution in [3.05, 3.63) is 60.2 Å². The van der Waals surface area contributed by atoms with E-state index >= 15 is 0 Å². The van der Waals surface area contributed by atoms with E-state index in [-0.39, 0.29) is 6.54 Å². The number of nitrogens with zero attached hydrogens (tertiary/aromatic N) is 1. The molecule has 0 saturated carbocycles. The third kappa shape index (κ3) is 2.97. The lowest BCUT2D eigenvalue weighted by atomic mass is 10.2. The molecular formula is C14H14FNO. The molecule has 0 saturated heterocycles. The Hall–Kier alpha value is -2.03. The lowest BCUT2D eigenvalue weighted by molar-refractivity contribution is 0.413. The molecule has 0 unspecified atom stereocenters. The average molecular weight is 231 g/mol. The summed E-state index contributed by atoms with van der Waals surface area (Å²) in [5.74, 6) is 0.777. The van der Waals surface area contributed by atoms with E-state index < -0.39 is 0 Å². The molecule has 0 aliphatic carbocycles. The first-order chi connectivity index (χ1) is 8.29. The highest BCUT2D eigenvalue weighted by Gasteiger charge is 2.05. The zero-order chi connectivity index (χ0) is 12.1. The van der Waals surface area contributed by atoms with Crippen LogP contribution in [0.4, 0.5) is 10.2 Å². The third-order valence-corrected chi connectivity index (χ3v) is 2.52. The van der Waals surface area contributed by atoms with Crippen molar-refractivity contribution >= 4 is 5.69 Å². The number of ether oxygens (including phenoxy) is 1. The number of hydrogen-bond donors (Lipinski definition) is 0. The van der Waals surface area contributed by atoms with E-state index in [0.29, 0.717) is 5.69 Å². The van der Waals surface area contributed by atoms with E-state index in [0.717, 1.165) is 16.4 Å². The van der Waals surface area contributed by atoms with Gasteiger partial charge in [0.25, 0.3) is 0 Å². The summed E-state index contributed by atoms with van der Waals surface area (Å²) in [5.41, 5.74) is 1.46. The van der Waals surface area contributed by atoms with Crippen molar-refractivity contribution in [2.75, 3.05) is 12.2 Å². The second-order valence-corrected chi connectivity index (χ2v) is 3.70. The fraction of sp³-hybridized carbons (Fsp3) is 0.143. The maximum atomic E-state index is 13.8. The van der Waals surface area contributed by atoms with Crippen LogP contribution < -0.4 is 9.86 Å². The second-order valence-electron chi connectivity index (χ2n) is 3.70. The Morgan fingerprint density at radius 2 is 1.65 bits per heavy atom. The van der Waals surface area contributed by atoms with E-state index in [1.807, 2.05) is 42.5 Å². The molecule has 0 amide bonds. The fourth-order valence-corrected chi connectivity index (χ4v) is 1.57. The van der Waals surface area contributed by atoms with Crippen LogP contribution >= 0.6 is 0 Å². The van der Waals surface area contributed by atoms with E-state index in [9.17, 15) is 4.48 Å². The second kappa shape index (κ2) is 5.34. The molecule has 2 aromatic carbocycles. The zero-order valence-corrected chi connectivity index (χ0v) is 9.64. The van der Waals surface area contributed by atoms with Crippen LogP contribution in [0.3, 0.4) is 0 Å². The highest BCUT2D eigenvalue weighted by Crippen LogP contribution is 2.18. The van der Waals surface area contributed by atoms with E-state index in [2.05, 4.69) is 0 Å². The van der Waals surface area contributed by atoms with E-state index in [4.69, 9.17) is 4.74 Å². The largest absolute Gasteiger partial charge is 0.497 e. The Labute approximate surface area is 100 Å². The van der Waals surface area contributed by atoms with Gasteiger partial charge in [0.15, 0.2) is 0 Å². The Morgan fingerprint density at radius 3 is 2.24 bits per heavy atom. The van der Waals surface area contributed by atoms with Crippen LogP contribution in [0.5, 0.6) is 5.75 Å². The Bertz CT molecular complexity index is 455. The molecular weight excluding hydrogens is 217 g/mol. The summed E-state index contributed by atoms with van der Waals surface area (Å²) < 4.78 is 18.9. The summed E-state index contributed by atoms with van der Waals surface area (Å²) in [5, 5.41) is 0.724. The molecule has 3 heteroatoms. The van der Waals surface area contributed by atoms with Gasteiger partial charge in [-0.2, -0.15) is 0 Å². The molecule has 0 heterocycles. The smallest absolute Gasteiger partial charge is 0.118 e. The number of hydrogen-bond acceptors (Lipinski definition) is 2. The first-order valence-corrected chi connectivity index (χ1v) is 5.41. The number of para-hydroxylation sites is 1. The fourth-order valence-electron chi connectivity index (χ4n) is 1.57. The molecule has 0 radical (unpaired) electrons. The molecule has 2 nitrogen and oxygen atoms in total. The summed E-state index contributed by atoms with van der Waals surface area (Å²) in [6.45, 7) is 0.230. The normalized spacial score (nSPS) is 10.0. The third-order valence-electron chi connectivity index (χ3n) is 2.52. The predicted octanol–water partition coefficient (Wildman–Crippen LogP) is 3.59. The van der Waals surface area contributed by atoms with Gasteiger partial charge in [-0.25, -0.2) is 5.12 Å². The van der Waals surface area contributed by atoms with Crippen LogP contribution in [0.2, 0.25) is 0 Å². The highest BCUT2D eigenvalue weighted by molar-refractivity contribution is 5.44. The maximum absolute atomic E-state index is 13.8. The van der Waals surface area contributed by atoms with E-state index in [1.54, 1.807) is 19.2 Å². The van der Waals surface area contributed by atoms with Crippen LogP contribution in [0, 0.1) is 0 Å². The van der Waals surface area contributed by atoms with Gasteiger partial charge in [-0.3, -0.25) is 0 Å². The topological polar surface area (TPSA) is 12.5 Å². The minimum absolute atomic E-state index is 0.230. The number of halogens is 1. The minimum atomic E-state index is 0.230. The summed E-state index contributed by atoms with van der Waals surface area (Å²) in [4.78, 5) is 0. The molecule has 2 aromatic rings. The van der Waals surface area contributed by atoms with Gasteiger partial charge >= 0.3 is 0 Å². The van der Waals surface area contributed by atoms with Crippen molar-refractivity contribution in [2.45, 2.75) is 6.54 Å². The molecule has 0 atom stereocenters. The van der Waals surface area contributed by atoms with Crippen LogP contribution in [0.25, 0.3) is 0 Å². The maximum Gasteiger partial charge on any atom is 0.118 e. The standard InChI is InChI=1S/C14H14FNO/c1-17-14-9-7-12(8-10-14)11-16(15)13-5-3-2-4-6-13/h2-10H,11H2,1H3. The van der Waals surface area contributed by atoms with Gasteiger partial charge in [-0.1, -0.05) is 34.8 Å². The Kier molecular flexibility index (Phi) is 3.60. The zero-order valence-electron chi connectivity index (χ0n) is 9.64. The molecule has 0 aliphatic heterocycles. The van der Waals surface area contributed by atoms with Crippen LogP contribution in [-0.4, -0.2) is 7.11 Å². The van der Waals surface area contributed by atoms with Gasteiger partial charge in [0.05, 0.1) is 19.3 Å². The van der Waals surface area contributed by atoms with Crippen LogP contribution in [0.15, 0.2) is 54.6 Å². The molecule has 2 rings (SSSR count). The van der Waals surface area contributed by atoms with Gasteiger partial charge in [-0.05, 0) is 29.8 Å². The molecule has 0 spiro atoms.